The van der Waals surface area contributed by atoms with Crippen LogP contribution in [0.15, 0.2) is 36.4 Å². The summed E-state index contributed by atoms with van der Waals surface area (Å²) in [5, 5.41) is 3.35. The SMILES string of the molecule is COc1ccc(CNC(=O)c2ccc(Cl)cc2OC)c(OC)c1. The van der Waals surface area contributed by atoms with Gasteiger partial charge in [0.25, 0.3) is 5.91 Å². The summed E-state index contributed by atoms with van der Waals surface area (Å²) in [6.45, 7) is 0.317. The van der Waals surface area contributed by atoms with E-state index >= 15 is 0 Å². The first-order valence-corrected chi connectivity index (χ1v) is 7.29. The lowest BCUT2D eigenvalue weighted by atomic mass is 10.1. The van der Waals surface area contributed by atoms with E-state index in [0.717, 1.165) is 5.56 Å². The summed E-state index contributed by atoms with van der Waals surface area (Å²) in [5.41, 5.74) is 1.26. The number of hydrogen-bond acceptors (Lipinski definition) is 4. The summed E-state index contributed by atoms with van der Waals surface area (Å²) in [7, 11) is 4.65. The molecule has 0 spiro atoms. The van der Waals surface area contributed by atoms with Crippen molar-refractivity contribution in [2.75, 3.05) is 21.3 Å². The standard InChI is InChI=1S/C17H18ClNO4/c1-21-13-6-4-11(15(9-13)22-2)10-19-17(20)14-7-5-12(18)8-16(14)23-3/h4-9H,10H2,1-3H3,(H,19,20). The number of methoxy groups -OCH3 is 3. The fourth-order valence-corrected chi connectivity index (χ4v) is 2.28. The maximum absolute atomic E-state index is 12.3. The number of hydrogen-bond donors (Lipinski definition) is 1. The maximum Gasteiger partial charge on any atom is 0.255 e. The molecule has 0 saturated carbocycles. The Labute approximate surface area is 140 Å². The van der Waals surface area contributed by atoms with Crippen LogP contribution in [0.1, 0.15) is 15.9 Å². The molecule has 0 aliphatic rings. The Balaban J connectivity index is 2.13. The van der Waals surface area contributed by atoms with E-state index in [1.54, 1.807) is 38.5 Å². The molecule has 0 saturated heterocycles. The van der Waals surface area contributed by atoms with E-state index in [1.807, 2.05) is 12.1 Å². The van der Waals surface area contributed by atoms with Crippen LogP contribution >= 0.6 is 11.6 Å². The maximum atomic E-state index is 12.3. The van der Waals surface area contributed by atoms with Gasteiger partial charge in [0.1, 0.15) is 17.2 Å². The number of halogens is 1. The molecule has 6 heteroatoms. The fourth-order valence-electron chi connectivity index (χ4n) is 2.12. The lowest BCUT2D eigenvalue weighted by molar-refractivity contribution is 0.0947. The quantitative estimate of drug-likeness (QED) is 0.880. The second-order valence-electron chi connectivity index (χ2n) is 4.71. The summed E-state index contributed by atoms with van der Waals surface area (Å²) < 4.78 is 15.7. The first-order chi connectivity index (χ1) is 11.1. The number of nitrogens with one attached hydrogen (secondary N) is 1. The predicted molar refractivity (Wildman–Crippen MR) is 88.7 cm³/mol. The van der Waals surface area contributed by atoms with Crippen molar-refractivity contribution in [2.24, 2.45) is 0 Å². The Kier molecular flexibility index (Phi) is 5.71. The molecule has 0 bridgehead atoms. The molecule has 2 rings (SSSR count). The number of rotatable bonds is 6. The Morgan fingerprint density at radius 3 is 2.39 bits per heavy atom. The number of amides is 1. The van der Waals surface area contributed by atoms with Crippen LogP contribution in [0.3, 0.4) is 0 Å². The van der Waals surface area contributed by atoms with E-state index in [1.165, 1.54) is 7.11 Å². The van der Waals surface area contributed by atoms with Gasteiger partial charge in [0.15, 0.2) is 0 Å². The van der Waals surface area contributed by atoms with Gasteiger partial charge in [-0.25, -0.2) is 0 Å². The van der Waals surface area contributed by atoms with E-state index in [0.29, 0.717) is 34.4 Å². The van der Waals surface area contributed by atoms with Crippen LogP contribution in [-0.4, -0.2) is 27.2 Å². The van der Waals surface area contributed by atoms with E-state index in [9.17, 15) is 4.79 Å². The lowest BCUT2D eigenvalue weighted by Crippen LogP contribution is -2.23. The first-order valence-electron chi connectivity index (χ1n) is 6.91. The van der Waals surface area contributed by atoms with Crippen molar-refractivity contribution in [1.29, 1.82) is 0 Å². The van der Waals surface area contributed by atoms with Gasteiger partial charge in [0.05, 0.1) is 26.9 Å². The Morgan fingerprint density at radius 2 is 1.74 bits per heavy atom. The van der Waals surface area contributed by atoms with Crippen LogP contribution in [0.5, 0.6) is 17.2 Å². The number of carbonyl (C=O) groups excluding carboxylic acids is 1. The number of ether oxygens (including phenoxy) is 3. The van der Waals surface area contributed by atoms with E-state index < -0.39 is 0 Å². The predicted octanol–water partition coefficient (Wildman–Crippen LogP) is 3.30. The Hall–Kier alpha value is -2.40. The van der Waals surface area contributed by atoms with Crippen LogP contribution in [0.4, 0.5) is 0 Å². The molecule has 122 valence electrons. The van der Waals surface area contributed by atoms with Crippen LogP contribution in [-0.2, 0) is 6.54 Å². The highest BCUT2D eigenvalue weighted by Gasteiger charge is 2.13. The van der Waals surface area contributed by atoms with Crippen molar-refractivity contribution in [3.8, 4) is 17.2 Å². The third-order valence-electron chi connectivity index (χ3n) is 3.34. The van der Waals surface area contributed by atoms with Crippen molar-refractivity contribution >= 4 is 17.5 Å². The Bertz CT molecular complexity index is 703. The molecule has 0 atom stereocenters. The molecule has 0 heterocycles. The van der Waals surface area contributed by atoms with E-state index in [2.05, 4.69) is 5.32 Å². The van der Waals surface area contributed by atoms with Gasteiger partial charge in [-0.1, -0.05) is 11.6 Å². The van der Waals surface area contributed by atoms with Crippen molar-refractivity contribution < 1.29 is 19.0 Å². The molecule has 5 nitrogen and oxygen atoms in total. The summed E-state index contributed by atoms with van der Waals surface area (Å²) in [5.74, 6) is 1.51. The largest absolute Gasteiger partial charge is 0.497 e. The molecule has 0 aliphatic carbocycles. The highest BCUT2D eigenvalue weighted by atomic mass is 35.5. The van der Waals surface area contributed by atoms with Crippen LogP contribution in [0.2, 0.25) is 5.02 Å². The highest BCUT2D eigenvalue weighted by molar-refractivity contribution is 6.30. The average molecular weight is 336 g/mol. The zero-order valence-electron chi connectivity index (χ0n) is 13.2. The van der Waals surface area contributed by atoms with Crippen LogP contribution < -0.4 is 19.5 Å². The third kappa shape index (κ3) is 4.07. The Morgan fingerprint density at radius 1 is 1.00 bits per heavy atom. The zero-order chi connectivity index (χ0) is 16.8. The van der Waals surface area contributed by atoms with Gasteiger partial charge in [0, 0.05) is 23.2 Å². The van der Waals surface area contributed by atoms with E-state index in [-0.39, 0.29) is 5.91 Å². The number of carbonyl (C=O) groups is 1. The monoisotopic (exact) mass is 335 g/mol. The van der Waals surface area contributed by atoms with Crippen molar-refractivity contribution in [2.45, 2.75) is 6.54 Å². The molecule has 0 aliphatic heterocycles. The lowest BCUT2D eigenvalue weighted by Gasteiger charge is -2.12. The van der Waals surface area contributed by atoms with Gasteiger partial charge < -0.3 is 19.5 Å². The molecule has 0 aromatic heterocycles. The molecule has 23 heavy (non-hydrogen) atoms. The zero-order valence-corrected chi connectivity index (χ0v) is 13.9. The summed E-state index contributed by atoms with van der Waals surface area (Å²) in [6.07, 6.45) is 0. The second-order valence-corrected chi connectivity index (χ2v) is 5.14. The normalized spacial score (nSPS) is 10.1. The second kappa shape index (κ2) is 7.74. The summed E-state index contributed by atoms with van der Waals surface area (Å²) in [4.78, 5) is 12.3. The molecule has 0 unspecified atom stereocenters. The van der Waals surface area contributed by atoms with Crippen molar-refractivity contribution in [3.05, 3.63) is 52.5 Å². The van der Waals surface area contributed by atoms with Gasteiger partial charge in [-0.2, -0.15) is 0 Å². The summed E-state index contributed by atoms with van der Waals surface area (Å²) in [6, 6.07) is 10.3. The molecule has 1 amide bonds. The van der Waals surface area contributed by atoms with Gasteiger partial charge in [-0.15, -0.1) is 0 Å². The minimum absolute atomic E-state index is 0.253. The minimum Gasteiger partial charge on any atom is -0.497 e. The molecule has 1 N–H and O–H groups in total. The number of benzene rings is 2. The molecule has 0 fully saturated rings. The minimum atomic E-state index is -0.253. The van der Waals surface area contributed by atoms with Gasteiger partial charge >= 0.3 is 0 Å². The van der Waals surface area contributed by atoms with Gasteiger partial charge in [-0.05, 0) is 30.3 Å². The molecule has 2 aromatic carbocycles. The van der Waals surface area contributed by atoms with Gasteiger partial charge in [0.2, 0.25) is 0 Å². The molecule has 0 radical (unpaired) electrons. The topological polar surface area (TPSA) is 56.8 Å². The molecular weight excluding hydrogens is 318 g/mol. The van der Waals surface area contributed by atoms with E-state index in [4.69, 9.17) is 25.8 Å². The highest BCUT2D eigenvalue weighted by Crippen LogP contribution is 2.25. The smallest absolute Gasteiger partial charge is 0.255 e. The van der Waals surface area contributed by atoms with Crippen LogP contribution in [0, 0.1) is 0 Å². The van der Waals surface area contributed by atoms with Crippen LogP contribution in [0.25, 0.3) is 0 Å². The third-order valence-corrected chi connectivity index (χ3v) is 3.58. The average Bonchev–Trinajstić information content (AvgIpc) is 2.59. The molecular formula is C17H18ClNO4. The van der Waals surface area contributed by atoms with Crippen molar-refractivity contribution in [1.82, 2.24) is 5.32 Å². The fraction of sp³-hybridized carbons (Fsp3) is 0.235. The van der Waals surface area contributed by atoms with Gasteiger partial charge in [-0.3, -0.25) is 4.79 Å². The summed E-state index contributed by atoms with van der Waals surface area (Å²) >= 11 is 5.90. The molecule has 2 aromatic rings. The first kappa shape index (κ1) is 17.0. The van der Waals surface area contributed by atoms with Crippen molar-refractivity contribution in [3.63, 3.8) is 0 Å².